The van der Waals surface area contributed by atoms with Gasteiger partial charge in [-0.2, -0.15) is 0 Å². The maximum Gasteiger partial charge on any atom is 0.293 e. The first kappa shape index (κ1) is 13.1. The zero-order valence-electron chi connectivity index (χ0n) is 11.3. The molecule has 3 aromatic rings. The van der Waals surface area contributed by atoms with Gasteiger partial charge in [-0.1, -0.05) is 35.9 Å². The molecule has 1 N–H and O–H groups in total. The summed E-state index contributed by atoms with van der Waals surface area (Å²) < 4.78 is 0. The van der Waals surface area contributed by atoms with Gasteiger partial charge in [0.25, 0.3) is 5.69 Å². The maximum atomic E-state index is 12.6. The van der Waals surface area contributed by atoms with Crippen LogP contribution in [0.25, 0.3) is 10.9 Å². The van der Waals surface area contributed by atoms with E-state index >= 15 is 0 Å². The van der Waals surface area contributed by atoms with Gasteiger partial charge in [0.15, 0.2) is 5.78 Å². The lowest BCUT2D eigenvalue weighted by molar-refractivity contribution is -0.383. The molecule has 5 heteroatoms. The fraction of sp³-hybridized carbons (Fsp3) is 0.0625. The van der Waals surface area contributed by atoms with E-state index in [4.69, 9.17) is 0 Å². The Labute approximate surface area is 120 Å². The van der Waals surface area contributed by atoms with Crippen LogP contribution in [0.15, 0.2) is 48.7 Å². The maximum absolute atomic E-state index is 12.6. The summed E-state index contributed by atoms with van der Waals surface area (Å²) in [5, 5.41) is 11.6. The summed E-state index contributed by atoms with van der Waals surface area (Å²) in [4.78, 5) is 26.0. The number of benzene rings is 2. The number of fused-ring (bicyclic) bond motifs is 1. The largest absolute Gasteiger partial charge is 0.355 e. The van der Waals surface area contributed by atoms with E-state index in [1.54, 1.807) is 24.3 Å². The minimum Gasteiger partial charge on any atom is -0.355 e. The Bertz CT molecular complexity index is 865. The molecule has 104 valence electrons. The fourth-order valence-electron chi connectivity index (χ4n) is 2.42. The van der Waals surface area contributed by atoms with Crippen LogP contribution in [0.4, 0.5) is 5.69 Å². The van der Waals surface area contributed by atoms with E-state index in [1.807, 2.05) is 19.1 Å². The molecule has 0 unspecified atom stereocenters. The highest BCUT2D eigenvalue weighted by molar-refractivity contribution is 6.17. The number of H-pyrrole nitrogens is 1. The molecule has 0 aliphatic rings. The number of rotatable bonds is 3. The van der Waals surface area contributed by atoms with Crippen molar-refractivity contribution in [1.82, 2.24) is 4.98 Å². The van der Waals surface area contributed by atoms with Crippen LogP contribution in [-0.4, -0.2) is 15.7 Å². The third kappa shape index (κ3) is 2.18. The second-order valence-electron chi connectivity index (χ2n) is 4.86. The number of nitro groups is 1. The average Bonchev–Trinajstić information content (AvgIpc) is 2.90. The van der Waals surface area contributed by atoms with Gasteiger partial charge in [0.05, 0.1) is 4.92 Å². The highest BCUT2D eigenvalue weighted by Crippen LogP contribution is 2.28. The summed E-state index contributed by atoms with van der Waals surface area (Å²) >= 11 is 0. The smallest absolute Gasteiger partial charge is 0.293 e. The second-order valence-corrected chi connectivity index (χ2v) is 4.86. The Morgan fingerprint density at radius 2 is 1.95 bits per heavy atom. The lowest BCUT2D eigenvalue weighted by Crippen LogP contribution is -2.00. The summed E-state index contributed by atoms with van der Waals surface area (Å²) in [7, 11) is 0. The van der Waals surface area contributed by atoms with E-state index in [9.17, 15) is 14.9 Å². The molecule has 0 amide bonds. The van der Waals surface area contributed by atoms with Gasteiger partial charge in [0.2, 0.25) is 0 Å². The molecule has 0 saturated carbocycles. The van der Waals surface area contributed by atoms with Crippen LogP contribution in [0, 0.1) is 17.0 Å². The molecule has 0 aliphatic heterocycles. The van der Waals surface area contributed by atoms with Crippen molar-refractivity contribution in [2.24, 2.45) is 0 Å². The van der Waals surface area contributed by atoms with Crippen molar-refractivity contribution in [2.45, 2.75) is 6.92 Å². The number of ketones is 1. The quantitative estimate of drug-likeness (QED) is 0.452. The van der Waals surface area contributed by atoms with Crippen molar-refractivity contribution in [3.63, 3.8) is 0 Å². The standard InChI is InChI=1S/C16H12N2O3/c1-10-4-2-5-11(8-10)16(19)13-9-17-15-12(13)6-3-7-14(15)18(20)21/h2-9,17H,1H3. The number of non-ortho nitro benzene ring substituents is 1. The van der Waals surface area contributed by atoms with Gasteiger partial charge in [0, 0.05) is 28.8 Å². The number of nitrogens with zero attached hydrogens (tertiary/aromatic N) is 1. The topological polar surface area (TPSA) is 76.0 Å². The Hall–Kier alpha value is -2.95. The van der Waals surface area contributed by atoms with Crippen molar-refractivity contribution in [3.8, 4) is 0 Å². The van der Waals surface area contributed by atoms with Gasteiger partial charge in [0.1, 0.15) is 5.52 Å². The Balaban J connectivity index is 2.16. The summed E-state index contributed by atoms with van der Waals surface area (Å²) in [5.41, 5.74) is 2.35. The molecule has 0 bridgehead atoms. The Morgan fingerprint density at radius 3 is 2.67 bits per heavy atom. The average molecular weight is 280 g/mol. The SMILES string of the molecule is Cc1cccc(C(=O)c2c[nH]c3c([N+](=O)[O-])cccc23)c1. The lowest BCUT2D eigenvalue weighted by atomic mass is 10.0. The highest BCUT2D eigenvalue weighted by Gasteiger charge is 2.19. The molecule has 0 saturated heterocycles. The van der Waals surface area contributed by atoms with Crippen molar-refractivity contribution >= 4 is 22.4 Å². The van der Waals surface area contributed by atoms with Crippen LogP contribution in [0.5, 0.6) is 0 Å². The zero-order chi connectivity index (χ0) is 15.0. The number of aryl methyl sites for hydroxylation is 1. The molecular weight excluding hydrogens is 268 g/mol. The number of aromatic nitrogens is 1. The molecule has 0 fully saturated rings. The highest BCUT2D eigenvalue weighted by atomic mass is 16.6. The first-order valence-electron chi connectivity index (χ1n) is 6.44. The Kier molecular flexibility index (Phi) is 3.02. The molecule has 2 aromatic carbocycles. The number of nitrogens with one attached hydrogen (secondary N) is 1. The number of para-hydroxylation sites is 1. The van der Waals surface area contributed by atoms with Gasteiger partial charge in [-0.05, 0) is 13.0 Å². The van der Waals surface area contributed by atoms with Gasteiger partial charge >= 0.3 is 0 Å². The normalized spacial score (nSPS) is 10.7. The van der Waals surface area contributed by atoms with Crippen LogP contribution >= 0.6 is 0 Å². The number of aromatic amines is 1. The molecule has 0 aliphatic carbocycles. The molecule has 0 radical (unpaired) electrons. The third-order valence-electron chi connectivity index (χ3n) is 3.42. The summed E-state index contributed by atoms with van der Waals surface area (Å²) in [6.45, 7) is 1.91. The predicted octanol–water partition coefficient (Wildman–Crippen LogP) is 3.62. The van der Waals surface area contributed by atoms with Gasteiger partial charge in [-0.25, -0.2) is 0 Å². The first-order valence-corrected chi connectivity index (χ1v) is 6.44. The molecule has 1 heterocycles. The van der Waals surface area contributed by atoms with E-state index in [1.165, 1.54) is 12.3 Å². The number of hydrogen-bond acceptors (Lipinski definition) is 3. The van der Waals surface area contributed by atoms with E-state index in [2.05, 4.69) is 4.98 Å². The minimum absolute atomic E-state index is 0.0317. The van der Waals surface area contributed by atoms with Crippen molar-refractivity contribution in [2.75, 3.05) is 0 Å². The van der Waals surface area contributed by atoms with E-state index in [0.29, 0.717) is 22.0 Å². The molecule has 0 spiro atoms. The first-order chi connectivity index (χ1) is 10.1. The number of carbonyl (C=O) groups is 1. The second kappa shape index (κ2) is 4.86. The van der Waals surface area contributed by atoms with E-state index < -0.39 is 4.92 Å². The van der Waals surface area contributed by atoms with Crippen LogP contribution in [-0.2, 0) is 0 Å². The van der Waals surface area contributed by atoms with Crippen molar-refractivity contribution in [1.29, 1.82) is 0 Å². The molecular formula is C16H12N2O3. The molecule has 1 aromatic heterocycles. The van der Waals surface area contributed by atoms with E-state index in [-0.39, 0.29) is 11.5 Å². The number of carbonyl (C=O) groups excluding carboxylic acids is 1. The summed E-state index contributed by atoms with van der Waals surface area (Å²) in [6.07, 6.45) is 1.53. The van der Waals surface area contributed by atoms with Crippen LogP contribution in [0.3, 0.4) is 0 Å². The van der Waals surface area contributed by atoms with E-state index in [0.717, 1.165) is 5.56 Å². The van der Waals surface area contributed by atoms with Crippen molar-refractivity contribution in [3.05, 3.63) is 75.5 Å². The van der Waals surface area contributed by atoms with Crippen LogP contribution < -0.4 is 0 Å². The molecule has 21 heavy (non-hydrogen) atoms. The number of nitro benzene ring substituents is 1. The molecule has 5 nitrogen and oxygen atoms in total. The lowest BCUT2D eigenvalue weighted by Gasteiger charge is -2.01. The molecule has 0 atom stereocenters. The summed E-state index contributed by atoms with van der Waals surface area (Å²) in [5.74, 6) is -0.148. The van der Waals surface area contributed by atoms with Gasteiger partial charge < -0.3 is 4.98 Å². The Morgan fingerprint density at radius 1 is 1.19 bits per heavy atom. The minimum atomic E-state index is -0.459. The monoisotopic (exact) mass is 280 g/mol. The zero-order valence-corrected chi connectivity index (χ0v) is 11.3. The predicted molar refractivity (Wildman–Crippen MR) is 79.6 cm³/mol. The number of hydrogen-bond donors (Lipinski definition) is 1. The van der Waals surface area contributed by atoms with Crippen molar-refractivity contribution < 1.29 is 9.72 Å². The van der Waals surface area contributed by atoms with Crippen LogP contribution in [0.1, 0.15) is 21.5 Å². The van der Waals surface area contributed by atoms with Gasteiger partial charge in [-0.3, -0.25) is 14.9 Å². The third-order valence-corrected chi connectivity index (χ3v) is 3.42. The molecule has 3 rings (SSSR count). The van der Waals surface area contributed by atoms with Crippen LogP contribution in [0.2, 0.25) is 0 Å². The summed E-state index contributed by atoms with van der Waals surface area (Å²) in [6, 6.07) is 12.0. The van der Waals surface area contributed by atoms with Gasteiger partial charge in [-0.15, -0.1) is 0 Å². The fourth-order valence-corrected chi connectivity index (χ4v) is 2.42.